The van der Waals surface area contributed by atoms with E-state index >= 15 is 0 Å². The van der Waals surface area contributed by atoms with Gasteiger partial charge in [0.05, 0.1) is 5.69 Å². The summed E-state index contributed by atoms with van der Waals surface area (Å²) in [6.45, 7) is 8.21. The summed E-state index contributed by atoms with van der Waals surface area (Å²) in [7, 11) is 1.91. The van der Waals surface area contributed by atoms with Gasteiger partial charge in [-0.25, -0.2) is 4.68 Å². The summed E-state index contributed by atoms with van der Waals surface area (Å²) in [4.78, 5) is 0. The van der Waals surface area contributed by atoms with Crippen LogP contribution in [0.15, 0.2) is 36.4 Å². The van der Waals surface area contributed by atoms with E-state index in [4.69, 9.17) is 4.74 Å². The molecule has 6 heteroatoms. The molecule has 1 aromatic heterocycles. The van der Waals surface area contributed by atoms with Crippen LogP contribution in [-0.2, 0) is 52.4 Å². The zero-order valence-electron chi connectivity index (χ0n) is 14.9. The Labute approximate surface area is 209 Å². The molecular weight excluding hydrogens is 447 g/mol. The molecule has 0 unspecified atom stereocenters. The SMILES string of the molecule is C.C.C.C.C.CC.CCn1nc(CNC)cc1OCc1ccccc1.Cl.[CH3-].[Y]. The van der Waals surface area contributed by atoms with Crippen LogP contribution in [0.5, 0.6) is 5.88 Å². The molecule has 1 aromatic carbocycles. The average Bonchev–Trinajstić information content (AvgIpc) is 2.91. The van der Waals surface area contributed by atoms with E-state index < -0.39 is 0 Å². The monoisotopic (exact) mass is 495 g/mol. The summed E-state index contributed by atoms with van der Waals surface area (Å²) in [5.74, 6) is 0.826. The molecule has 0 aliphatic heterocycles. The van der Waals surface area contributed by atoms with Gasteiger partial charge in [-0.1, -0.05) is 81.3 Å². The number of ether oxygens (including phenoxy) is 1. The van der Waals surface area contributed by atoms with Crippen LogP contribution in [-0.4, -0.2) is 16.8 Å². The number of rotatable bonds is 6. The van der Waals surface area contributed by atoms with E-state index in [2.05, 4.69) is 29.5 Å². The van der Waals surface area contributed by atoms with Crippen LogP contribution in [0.1, 0.15) is 69.2 Å². The van der Waals surface area contributed by atoms with Crippen molar-refractivity contribution < 1.29 is 37.4 Å². The predicted molar refractivity (Wildman–Crippen MR) is 130 cm³/mol. The molecule has 0 saturated carbocycles. The molecule has 0 spiro atoms. The van der Waals surface area contributed by atoms with Crippen LogP contribution in [0, 0.1) is 7.43 Å². The molecule has 0 bridgehead atoms. The van der Waals surface area contributed by atoms with Crippen molar-refractivity contribution in [2.24, 2.45) is 0 Å². The van der Waals surface area contributed by atoms with Crippen molar-refractivity contribution in [2.75, 3.05) is 7.05 Å². The summed E-state index contributed by atoms with van der Waals surface area (Å²) >= 11 is 0. The van der Waals surface area contributed by atoms with Crippen molar-refractivity contribution in [3.8, 4) is 5.88 Å². The van der Waals surface area contributed by atoms with Gasteiger partial charge < -0.3 is 17.5 Å². The summed E-state index contributed by atoms with van der Waals surface area (Å²) in [6, 6.07) is 12.1. The van der Waals surface area contributed by atoms with E-state index in [0.717, 1.165) is 30.2 Å². The summed E-state index contributed by atoms with van der Waals surface area (Å²) < 4.78 is 7.70. The Morgan fingerprint density at radius 3 is 1.93 bits per heavy atom. The van der Waals surface area contributed by atoms with E-state index in [1.54, 1.807) is 0 Å². The smallest absolute Gasteiger partial charge is 0.212 e. The third-order valence-electron chi connectivity index (χ3n) is 2.68. The molecular formula is C22H49ClN3OY-. The molecule has 0 aliphatic carbocycles. The fraction of sp³-hybridized carbons (Fsp3) is 0.545. The first kappa shape index (κ1) is 50.8. The molecule has 2 rings (SSSR count). The minimum absolute atomic E-state index is 0. The Kier molecular flexibility index (Phi) is 56.8. The Morgan fingerprint density at radius 2 is 1.50 bits per heavy atom. The maximum atomic E-state index is 5.81. The van der Waals surface area contributed by atoms with Crippen LogP contribution in [0.25, 0.3) is 0 Å². The average molecular weight is 496 g/mol. The Morgan fingerprint density at radius 1 is 1.00 bits per heavy atom. The first-order valence-corrected chi connectivity index (χ1v) is 7.21. The van der Waals surface area contributed by atoms with E-state index in [1.807, 2.05) is 49.8 Å². The number of aryl methyl sites for hydroxylation is 1. The fourth-order valence-electron chi connectivity index (χ4n) is 1.79. The Balaban J connectivity index is -0.0000000646. The molecule has 28 heavy (non-hydrogen) atoms. The molecule has 169 valence electrons. The van der Waals surface area contributed by atoms with Gasteiger partial charge in [0.15, 0.2) is 0 Å². The molecule has 1 N–H and O–H groups in total. The molecule has 4 nitrogen and oxygen atoms in total. The number of nitrogens with zero attached hydrogens (tertiary/aromatic N) is 2. The quantitative estimate of drug-likeness (QED) is 0.428. The molecule has 1 radical (unpaired) electrons. The van der Waals surface area contributed by atoms with Gasteiger partial charge in [-0.05, 0) is 19.5 Å². The van der Waals surface area contributed by atoms with Crippen LogP contribution in [0.2, 0.25) is 0 Å². The fourth-order valence-corrected chi connectivity index (χ4v) is 1.79. The van der Waals surface area contributed by atoms with E-state index in [-0.39, 0.29) is 89.7 Å². The van der Waals surface area contributed by atoms with Gasteiger partial charge >= 0.3 is 0 Å². The van der Waals surface area contributed by atoms with Crippen molar-refractivity contribution in [3.63, 3.8) is 0 Å². The first-order chi connectivity index (χ1) is 9.83. The minimum Gasteiger partial charge on any atom is -0.473 e. The number of benzene rings is 1. The molecule has 0 aliphatic rings. The van der Waals surface area contributed by atoms with Gasteiger partial charge in [-0.3, -0.25) is 0 Å². The third kappa shape index (κ3) is 17.7. The topological polar surface area (TPSA) is 39.1 Å². The van der Waals surface area contributed by atoms with Crippen LogP contribution in [0.4, 0.5) is 0 Å². The van der Waals surface area contributed by atoms with Crippen molar-refractivity contribution >= 4 is 12.4 Å². The number of aromatic nitrogens is 2. The Bertz CT molecular complexity index is 494. The second-order valence-electron chi connectivity index (χ2n) is 4.09. The summed E-state index contributed by atoms with van der Waals surface area (Å²) in [5, 5.41) is 7.55. The van der Waals surface area contributed by atoms with Gasteiger partial charge in [-0.2, -0.15) is 5.10 Å². The zero-order valence-corrected chi connectivity index (χ0v) is 18.5. The number of halogens is 1. The summed E-state index contributed by atoms with van der Waals surface area (Å²) in [6.07, 6.45) is 0. The van der Waals surface area contributed by atoms with Gasteiger partial charge in [0.2, 0.25) is 5.88 Å². The maximum absolute atomic E-state index is 5.81. The van der Waals surface area contributed by atoms with Gasteiger partial charge in [0.25, 0.3) is 0 Å². The first-order valence-electron chi connectivity index (χ1n) is 7.21. The molecule has 0 atom stereocenters. The van der Waals surface area contributed by atoms with Crippen molar-refractivity contribution in [2.45, 2.75) is 77.6 Å². The molecule has 1 heterocycles. The van der Waals surface area contributed by atoms with Crippen LogP contribution in [0.3, 0.4) is 0 Å². The van der Waals surface area contributed by atoms with E-state index in [9.17, 15) is 0 Å². The number of hydrogen-bond acceptors (Lipinski definition) is 3. The predicted octanol–water partition coefficient (Wildman–Crippen LogP) is 7.28. The van der Waals surface area contributed by atoms with Crippen molar-refractivity contribution in [1.82, 2.24) is 15.1 Å². The van der Waals surface area contributed by atoms with Gasteiger partial charge in [0.1, 0.15) is 6.61 Å². The molecule has 0 saturated heterocycles. The van der Waals surface area contributed by atoms with Gasteiger partial charge in [-0.15, -0.1) is 12.4 Å². The minimum atomic E-state index is 0. The zero-order chi connectivity index (χ0) is 14.8. The van der Waals surface area contributed by atoms with Gasteiger partial charge in [0, 0.05) is 51.9 Å². The molecule has 0 amide bonds. The standard InChI is InChI=1S/C14H19N3O.C2H6.5CH4.CH3.ClH.Y/c1-3-17-14(9-13(16-17)10-15-2)18-11-12-7-5-4-6-8-12;1-2;;;;;;;;/h4-9,15H,3,10-11H2,1-2H3;1-2H3;5*1H4;1H3;1H;/q;;;;;;;-1;;. The second-order valence-corrected chi connectivity index (χ2v) is 4.09. The van der Waals surface area contributed by atoms with Crippen LogP contribution < -0.4 is 10.1 Å². The normalized spacial score (nSPS) is 7.00. The van der Waals surface area contributed by atoms with E-state index in [0.29, 0.717) is 6.61 Å². The van der Waals surface area contributed by atoms with Crippen LogP contribution >= 0.6 is 12.4 Å². The maximum Gasteiger partial charge on any atom is 0.212 e. The molecule has 2 aromatic rings. The largest absolute Gasteiger partial charge is 0.473 e. The number of hydrogen-bond donors (Lipinski definition) is 1. The third-order valence-corrected chi connectivity index (χ3v) is 2.68. The molecule has 0 fully saturated rings. The summed E-state index contributed by atoms with van der Waals surface area (Å²) in [5.41, 5.74) is 2.17. The van der Waals surface area contributed by atoms with Crippen molar-refractivity contribution in [3.05, 3.63) is 55.1 Å². The second kappa shape index (κ2) is 31.3. The van der Waals surface area contributed by atoms with E-state index in [1.165, 1.54) is 0 Å². The Hall–Kier alpha value is -0.416. The van der Waals surface area contributed by atoms with Crippen molar-refractivity contribution in [1.29, 1.82) is 0 Å². The number of nitrogens with one attached hydrogen (secondary N) is 1.